The second-order valence-electron chi connectivity index (χ2n) is 4.05. The third-order valence-corrected chi connectivity index (χ3v) is 3.75. The van der Waals surface area contributed by atoms with E-state index in [1.54, 1.807) is 31.2 Å². The fraction of sp³-hybridized carbons (Fsp3) is 0.417. The van der Waals surface area contributed by atoms with Crippen molar-refractivity contribution in [2.75, 3.05) is 5.75 Å². The van der Waals surface area contributed by atoms with Crippen LogP contribution >= 0.6 is 11.8 Å². The molecule has 0 saturated heterocycles. The Bertz CT molecular complexity index is 522. The zero-order valence-electron chi connectivity index (χ0n) is 10.0. The van der Waals surface area contributed by atoms with Crippen molar-refractivity contribution >= 4 is 22.9 Å². The van der Waals surface area contributed by atoms with E-state index in [2.05, 4.69) is 4.98 Å². The first-order valence-corrected chi connectivity index (χ1v) is 6.64. The van der Waals surface area contributed by atoms with Crippen LogP contribution in [0.2, 0.25) is 0 Å². The minimum absolute atomic E-state index is 0.357. The molecule has 1 N–H and O–H groups in total. The number of oxazole rings is 1. The van der Waals surface area contributed by atoms with E-state index in [-0.39, 0.29) is 5.25 Å². The molecule has 104 valence electrons. The van der Waals surface area contributed by atoms with Gasteiger partial charge in [0.25, 0.3) is 0 Å². The summed E-state index contributed by atoms with van der Waals surface area (Å²) in [6.45, 7) is 1.69. The van der Waals surface area contributed by atoms with Gasteiger partial charge in [0.15, 0.2) is 11.7 Å². The van der Waals surface area contributed by atoms with Gasteiger partial charge in [-0.25, -0.2) is 4.98 Å². The van der Waals surface area contributed by atoms with Crippen LogP contribution < -0.4 is 0 Å². The number of para-hydroxylation sites is 2. The summed E-state index contributed by atoms with van der Waals surface area (Å²) in [7, 11) is 0. The van der Waals surface area contributed by atoms with E-state index < -0.39 is 18.0 Å². The van der Waals surface area contributed by atoms with Gasteiger partial charge in [0.2, 0.25) is 5.89 Å². The molecule has 0 radical (unpaired) electrons. The smallest absolute Gasteiger partial charge is 0.415 e. The molecular weight excluding hydrogens is 279 g/mol. The molecule has 19 heavy (non-hydrogen) atoms. The molecule has 2 rings (SSSR count). The highest BCUT2D eigenvalue weighted by molar-refractivity contribution is 7.99. The van der Waals surface area contributed by atoms with Gasteiger partial charge >= 0.3 is 6.18 Å². The molecule has 0 amide bonds. The van der Waals surface area contributed by atoms with Gasteiger partial charge in [-0.3, -0.25) is 0 Å². The van der Waals surface area contributed by atoms with Crippen LogP contribution in [-0.2, 0) is 0 Å². The summed E-state index contributed by atoms with van der Waals surface area (Å²) in [6.07, 6.45) is -6.92. The zero-order chi connectivity index (χ0) is 14.0. The van der Waals surface area contributed by atoms with Gasteiger partial charge in [-0.2, -0.15) is 13.2 Å². The largest absolute Gasteiger partial charge is 0.439 e. The van der Waals surface area contributed by atoms with Gasteiger partial charge in [-0.15, -0.1) is 11.8 Å². The first-order chi connectivity index (χ1) is 8.88. The number of thioether (sulfide) groups is 1. The summed E-state index contributed by atoms with van der Waals surface area (Å²) < 4.78 is 42.0. The maximum absolute atomic E-state index is 12.2. The van der Waals surface area contributed by atoms with Crippen LogP contribution in [0, 0.1) is 0 Å². The molecule has 0 saturated carbocycles. The van der Waals surface area contributed by atoms with Crippen LogP contribution in [0.3, 0.4) is 0 Å². The number of halogens is 3. The third kappa shape index (κ3) is 3.42. The van der Waals surface area contributed by atoms with Crippen LogP contribution in [0.15, 0.2) is 28.7 Å². The van der Waals surface area contributed by atoms with Gasteiger partial charge in [-0.1, -0.05) is 12.1 Å². The summed E-state index contributed by atoms with van der Waals surface area (Å²) in [4.78, 5) is 4.20. The van der Waals surface area contributed by atoms with E-state index in [0.29, 0.717) is 17.0 Å². The van der Waals surface area contributed by atoms with E-state index in [9.17, 15) is 13.2 Å². The fourth-order valence-corrected chi connectivity index (χ4v) is 2.37. The lowest BCUT2D eigenvalue weighted by atomic mass is 10.3. The van der Waals surface area contributed by atoms with Crippen molar-refractivity contribution in [1.82, 2.24) is 4.98 Å². The number of alkyl halides is 3. The Morgan fingerprint density at radius 2 is 2.05 bits per heavy atom. The zero-order valence-corrected chi connectivity index (χ0v) is 10.8. The summed E-state index contributed by atoms with van der Waals surface area (Å²) in [5.41, 5.74) is 1.27. The summed E-state index contributed by atoms with van der Waals surface area (Å²) in [5, 5.41) is 8.57. The Kier molecular flexibility index (Phi) is 4.05. The minimum Gasteiger partial charge on any atom is -0.439 e. The average molecular weight is 291 g/mol. The molecule has 0 aliphatic heterocycles. The lowest BCUT2D eigenvalue weighted by molar-refractivity contribution is -0.195. The van der Waals surface area contributed by atoms with E-state index >= 15 is 0 Å². The lowest BCUT2D eigenvalue weighted by Crippen LogP contribution is -2.30. The number of hydrogen-bond donors (Lipinski definition) is 1. The first-order valence-electron chi connectivity index (χ1n) is 5.60. The molecule has 7 heteroatoms. The normalized spacial score (nSPS) is 15.6. The van der Waals surface area contributed by atoms with Crippen molar-refractivity contribution in [2.45, 2.75) is 24.5 Å². The predicted molar refractivity (Wildman–Crippen MR) is 66.9 cm³/mol. The van der Waals surface area contributed by atoms with Gasteiger partial charge in [0.1, 0.15) is 5.52 Å². The Labute approximate surface area is 111 Å². The molecular formula is C12H12F3NO2S. The number of rotatable bonds is 4. The summed E-state index contributed by atoms with van der Waals surface area (Å²) in [6, 6.07) is 7.11. The van der Waals surface area contributed by atoms with Crippen molar-refractivity contribution in [2.24, 2.45) is 0 Å². The van der Waals surface area contributed by atoms with Gasteiger partial charge < -0.3 is 9.52 Å². The molecule has 3 nitrogen and oxygen atoms in total. The van der Waals surface area contributed by atoms with Crippen LogP contribution in [0.1, 0.15) is 18.1 Å². The minimum atomic E-state index is -4.59. The second-order valence-corrected chi connectivity index (χ2v) is 5.43. The predicted octanol–water partition coefficient (Wildman–Crippen LogP) is 3.55. The Hall–Kier alpha value is -1.21. The van der Waals surface area contributed by atoms with Crippen molar-refractivity contribution in [3.63, 3.8) is 0 Å². The van der Waals surface area contributed by atoms with Gasteiger partial charge in [0, 0.05) is 5.75 Å². The van der Waals surface area contributed by atoms with Crippen molar-refractivity contribution in [1.29, 1.82) is 0 Å². The fourth-order valence-electron chi connectivity index (χ4n) is 1.47. The number of benzene rings is 1. The highest BCUT2D eigenvalue weighted by Gasteiger charge is 2.38. The molecule has 0 spiro atoms. The number of aliphatic hydroxyl groups is 1. The number of hydrogen-bond acceptors (Lipinski definition) is 4. The quantitative estimate of drug-likeness (QED) is 0.936. The molecule has 0 bridgehead atoms. The van der Waals surface area contributed by atoms with Crippen LogP contribution in [0.4, 0.5) is 13.2 Å². The molecule has 2 aromatic rings. The number of fused-ring (bicyclic) bond motifs is 1. The monoisotopic (exact) mass is 291 g/mol. The number of aliphatic hydroxyl groups excluding tert-OH is 1. The second kappa shape index (κ2) is 5.42. The molecule has 0 fully saturated rings. The van der Waals surface area contributed by atoms with Crippen molar-refractivity contribution in [3.8, 4) is 0 Å². The van der Waals surface area contributed by atoms with E-state index in [1.807, 2.05) is 0 Å². The maximum atomic E-state index is 12.2. The van der Waals surface area contributed by atoms with Gasteiger partial charge in [-0.05, 0) is 19.1 Å². The highest BCUT2D eigenvalue weighted by atomic mass is 32.2. The molecule has 1 aromatic heterocycles. The number of aromatic nitrogens is 1. The number of nitrogens with zero attached hydrogens (tertiary/aromatic N) is 1. The molecule has 0 unspecified atom stereocenters. The molecule has 1 aromatic carbocycles. The SMILES string of the molecule is C[C@H](SC[C@@H](O)C(F)(F)F)c1nc2ccccc2o1. The maximum Gasteiger partial charge on any atom is 0.415 e. The molecule has 2 atom stereocenters. The average Bonchev–Trinajstić information content (AvgIpc) is 2.78. The molecule has 1 heterocycles. The first kappa shape index (κ1) is 14.2. The Morgan fingerprint density at radius 1 is 1.37 bits per heavy atom. The molecule has 0 aliphatic rings. The van der Waals surface area contributed by atoms with Crippen LogP contribution in [0.25, 0.3) is 11.1 Å². The van der Waals surface area contributed by atoms with E-state index in [0.717, 1.165) is 11.8 Å². The lowest BCUT2D eigenvalue weighted by Gasteiger charge is -2.15. The summed E-state index contributed by atoms with van der Waals surface area (Å²) >= 11 is 0.953. The summed E-state index contributed by atoms with van der Waals surface area (Å²) in [5.74, 6) is -0.0794. The van der Waals surface area contributed by atoms with Crippen molar-refractivity contribution < 1.29 is 22.7 Å². The van der Waals surface area contributed by atoms with Gasteiger partial charge in [0.05, 0.1) is 5.25 Å². The highest BCUT2D eigenvalue weighted by Crippen LogP contribution is 2.32. The van der Waals surface area contributed by atoms with Crippen LogP contribution in [0.5, 0.6) is 0 Å². The van der Waals surface area contributed by atoms with E-state index in [4.69, 9.17) is 9.52 Å². The third-order valence-electron chi connectivity index (χ3n) is 2.54. The van der Waals surface area contributed by atoms with Crippen molar-refractivity contribution in [3.05, 3.63) is 30.2 Å². The Morgan fingerprint density at radius 3 is 2.68 bits per heavy atom. The Balaban J connectivity index is 2.02. The standard InChI is InChI=1S/C12H12F3NO2S/c1-7(19-6-10(17)12(13,14)15)11-16-8-4-2-3-5-9(8)18-11/h2-5,7,10,17H,6H2,1H3/t7-,10+/m0/s1. The topological polar surface area (TPSA) is 46.3 Å². The molecule has 0 aliphatic carbocycles. The van der Waals surface area contributed by atoms with E-state index in [1.165, 1.54) is 0 Å². The van der Waals surface area contributed by atoms with Crippen LogP contribution in [-0.4, -0.2) is 28.1 Å².